The molecule has 0 spiro atoms. The van der Waals surface area contributed by atoms with E-state index in [1.165, 1.54) is 19.3 Å². The Hall–Kier alpha value is -2.71. The number of carbonyl (C=O) groups is 3. The average molecular weight is 638 g/mol. The number of aliphatic hydroxyl groups excluding tert-OH is 1. The first kappa shape index (κ1) is 36.8. The summed E-state index contributed by atoms with van der Waals surface area (Å²) in [5.74, 6) is 0.171. The number of aliphatic hydroxyl groups is 1. The number of carbonyl (C=O) groups excluding carboxylic acids is 3. The highest BCUT2D eigenvalue weighted by Gasteiger charge is 2.33. The number of nitrogens with zero attached hydrogens (tertiary/aromatic N) is 1. The summed E-state index contributed by atoms with van der Waals surface area (Å²) >= 11 is 1.60. The van der Waals surface area contributed by atoms with Gasteiger partial charge in [-0.3, -0.25) is 14.4 Å². The van der Waals surface area contributed by atoms with Gasteiger partial charge in [0.25, 0.3) is 0 Å². The second-order valence-electron chi connectivity index (χ2n) is 14.2. The van der Waals surface area contributed by atoms with Gasteiger partial charge in [0, 0.05) is 29.7 Å². The molecule has 1 aliphatic rings. The fraction of sp³-hybridized carbons (Fsp3) is 0.622. The third-order valence-corrected chi connectivity index (χ3v) is 9.69. The van der Waals surface area contributed by atoms with Gasteiger partial charge in [0.2, 0.25) is 11.8 Å². The average Bonchev–Trinajstić information content (AvgIpc) is 3.00. The van der Waals surface area contributed by atoms with Crippen LogP contribution in [-0.4, -0.2) is 51.6 Å². The largest absolute Gasteiger partial charge is 0.391 e. The summed E-state index contributed by atoms with van der Waals surface area (Å²) in [5, 5.41) is 18.5. The summed E-state index contributed by atoms with van der Waals surface area (Å²) in [6.07, 6.45) is 9.10. The molecular weight excluding hydrogens is 582 g/mol. The van der Waals surface area contributed by atoms with Crippen LogP contribution in [0.15, 0.2) is 59.8 Å². The molecule has 0 aliphatic heterocycles. The van der Waals surface area contributed by atoms with Gasteiger partial charge in [0.15, 0.2) is 0 Å². The monoisotopic (exact) mass is 637 g/mol. The Balaban J connectivity index is 1.74. The zero-order chi connectivity index (χ0) is 32.8. The van der Waals surface area contributed by atoms with Crippen molar-refractivity contribution < 1.29 is 19.5 Å². The normalized spacial score (nSPS) is 16.9. The van der Waals surface area contributed by atoms with Gasteiger partial charge in [-0.05, 0) is 55.2 Å². The number of ketones is 1. The lowest BCUT2D eigenvalue weighted by molar-refractivity contribution is -0.135. The highest BCUT2D eigenvalue weighted by Crippen LogP contribution is 2.29. The highest BCUT2D eigenvalue weighted by molar-refractivity contribution is 7.99. The lowest BCUT2D eigenvalue weighted by atomic mass is 9.82. The number of amides is 2. The van der Waals surface area contributed by atoms with Crippen LogP contribution < -0.4 is 10.6 Å². The topological polar surface area (TPSA) is 108 Å². The molecule has 8 heteroatoms. The molecule has 2 aromatic rings. The van der Waals surface area contributed by atoms with Gasteiger partial charge in [-0.15, -0.1) is 11.8 Å². The molecule has 1 heterocycles. The zero-order valence-electron chi connectivity index (χ0n) is 28.0. The summed E-state index contributed by atoms with van der Waals surface area (Å²) in [6, 6.07) is 14.3. The summed E-state index contributed by atoms with van der Waals surface area (Å²) in [6.45, 7) is 9.66. The number of rotatable bonds is 17. The van der Waals surface area contributed by atoms with Gasteiger partial charge in [0.1, 0.15) is 11.8 Å². The summed E-state index contributed by atoms with van der Waals surface area (Å²) in [4.78, 5) is 45.2. The number of hydrogen-bond acceptors (Lipinski definition) is 6. The van der Waals surface area contributed by atoms with Crippen molar-refractivity contribution in [3.05, 3.63) is 60.3 Å². The number of aromatic nitrogens is 1. The SMILES string of the molecule is CC(C)C[C@H](NC(=O)C(CC(=O)C(C)(C)C)Cc1ccccc1)C(=O)N[C@@H](CC1CCCCC1)[C@@H](O)CCSc1ccccn1. The Kier molecular flexibility index (Phi) is 15.1. The van der Waals surface area contributed by atoms with Gasteiger partial charge in [-0.25, -0.2) is 4.98 Å². The number of pyridine rings is 1. The molecule has 0 bridgehead atoms. The van der Waals surface area contributed by atoms with E-state index in [9.17, 15) is 19.5 Å². The maximum atomic E-state index is 13.9. The van der Waals surface area contributed by atoms with Crippen LogP contribution in [0, 0.1) is 23.2 Å². The standard InChI is InChI=1S/C37H55N3O4S/c1-26(2)22-31(40-35(43)29(25-33(42)37(3,4)5)23-27-14-8-6-9-15-27)36(44)39-30(24-28-16-10-7-11-17-28)32(41)19-21-45-34-18-12-13-20-38-34/h6,8-9,12-15,18,20,26,28-32,41H,7,10-11,16-17,19,21-25H2,1-5H3,(H,39,44)(H,40,43)/t29?,30-,31-,32-/m0/s1. The fourth-order valence-electron chi connectivity index (χ4n) is 5.97. The fourth-order valence-corrected chi connectivity index (χ4v) is 6.85. The minimum atomic E-state index is -0.760. The minimum Gasteiger partial charge on any atom is -0.391 e. The summed E-state index contributed by atoms with van der Waals surface area (Å²) in [5.41, 5.74) is 0.407. The van der Waals surface area contributed by atoms with Gasteiger partial charge in [-0.2, -0.15) is 0 Å². The van der Waals surface area contributed by atoms with E-state index in [2.05, 4.69) is 15.6 Å². The van der Waals surface area contributed by atoms with Crippen molar-refractivity contribution in [3.63, 3.8) is 0 Å². The lowest BCUT2D eigenvalue weighted by Crippen LogP contribution is -2.54. The molecule has 3 rings (SSSR count). The molecule has 1 aromatic carbocycles. The van der Waals surface area contributed by atoms with E-state index in [-0.39, 0.29) is 29.9 Å². The number of benzene rings is 1. The molecule has 0 saturated heterocycles. The predicted octanol–water partition coefficient (Wildman–Crippen LogP) is 6.78. The van der Waals surface area contributed by atoms with Crippen LogP contribution in [0.5, 0.6) is 0 Å². The third-order valence-electron chi connectivity index (χ3n) is 8.71. The molecule has 1 saturated carbocycles. The van der Waals surface area contributed by atoms with E-state index in [0.29, 0.717) is 30.9 Å². The molecule has 4 atom stereocenters. The number of hydrogen-bond donors (Lipinski definition) is 3. The van der Waals surface area contributed by atoms with Crippen LogP contribution in [-0.2, 0) is 20.8 Å². The van der Waals surface area contributed by atoms with Crippen LogP contribution in [0.2, 0.25) is 0 Å². The lowest BCUT2D eigenvalue weighted by Gasteiger charge is -2.32. The van der Waals surface area contributed by atoms with E-state index in [1.54, 1.807) is 18.0 Å². The summed E-state index contributed by atoms with van der Waals surface area (Å²) < 4.78 is 0. The smallest absolute Gasteiger partial charge is 0.242 e. The van der Waals surface area contributed by atoms with E-state index < -0.39 is 29.5 Å². The maximum absolute atomic E-state index is 13.9. The van der Waals surface area contributed by atoms with Crippen LogP contribution in [0.4, 0.5) is 0 Å². The van der Waals surface area contributed by atoms with Crippen molar-refractivity contribution in [2.24, 2.45) is 23.2 Å². The highest BCUT2D eigenvalue weighted by atomic mass is 32.2. The van der Waals surface area contributed by atoms with Crippen LogP contribution in [0.1, 0.15) is 98.0 Å². The van der Waals surface area contributed by atoms with Crippen LogP contribution >= 0.6 is 11.8 Å². The molecule has 1 aromatic heterocycles. The van der Waals surface area contributed by atoms with Gasteiger partial charge >= 0.3 is 0 Å². The Morgan fingerprint density at radius 1 is 0.956 bits per heavy atom. The Bertz CT molecular complexity index is 1180. The zero-order valence-corrected chi connectivity index (χ0v) is 28.8. The molecule has 1 fully saturated rings. The molecule has 3 N–H and O–H groups in total. The minimum absolute atomic E-state index is 0.0164. The van der Waals surface area contributed by atoms with E-state index in [1.807, 2.05) is 83.1 Å². The second kappa shape index (κ2) is 18.4. The molecule has 45 heavy (non-hydrogen) atoms. The molecule has 2 amide bonds. The van der Waals surface area contributed by atoms with Gasteiger partial charge in [0.05, 0.1) is 17.2 Å². The van der Waals surface area contributed by atoms with Crippen LogP contribution in [0.25, 0.3) is 0 Å². The molecule has 0 radical (unpaired) electrons. The molecule has 1 unspecified atom stereocenters. The van der Waals surface area contributed by atoms with Crippen molar-refractivity contribution in [2.45, 2.75) is 122 Å². The summed E-state index contributed by atoms with van der Waals surface area (Å²) in [7, 11) is 0. The van der Waals surface area contributed by atoms with Crippen molar-refractivity contribution in [2.75, 3.05) is 5.75 Å². The van der Waals surface area contributed by atoms with Crippen molar-refractivity contribution in [1.82, 2.24) is 15.6 Å². The van der Waals surface area contributed by atoms with Crippen molar-refractivity contribution in [3.8, 4) is 0 Å². The van der Waals surface area contributed by atoms with Gasteiger partial charge < -0.3 is 15.7 Å². The first-order chi connectivity index (χ1) is 21.4. The third kappa shape index (κ3) is 13.3. The molecule has 248 valence electrons. The Morgan fingerprint density at radius 2 is 1.64 bits per heavy atom. The number of thioether (sulfide) groups is 1. The molecular formula is C37H55N3O4S. The Labute approximate surface area is 275 Å². The Morgan fingerprint density at radius 3 is 2.27 bits per heavy atom. The number of Topliss-reactive ketones (excluding diaryl/α,β-unsaturated/α-hetero) is 1. The maximum Gasteiger partial charge on any atom is 0.242 e. The van der Waals surface area contributed by atoms with E-state index in [4.69, 9.17) is 0 Å². The van der Waals surface area contributed by atoms with E-state index in [0.717, 1.165) is 29.9 Å². The van der Waals surface area contributed by atoms with Crippen molar-refractivity contribution >= 4 is 29.4 Å². The van der Waals surface area contributed by atoms with Crippen LogP contribution in [0.3, 0.4) is 0 Å². The van der Waals surface area contributed by atoms with Gasteiger partial charge in [-0.1, -0.05) is 103 Å². The second-order valence-corrected chi connectivity index (χ2v) is 15.3. The first-order valence-electron chi connectivity index (χ1n) is 16.8. The molecule has 1 aliphatic carbocycles. The molecule has 7 nitrogen and oxygen atoms in total. The first-order valence-corrected chi connectivity index (χ1v) is 17.8. The quantitative estimate of drug-likeness (QED) is 0.165. The van der Waals surface area contributed by atoms with Crippen molar-refractivity contribution in [1.29, 1.82) is 0 Å². The van der Waals surface area contributed by atoms with E-state index >= 15 is 0 Å². The predicted molar refractivity (Wildman–Crippen MR) is 183 cm³/mol. The number of nitrogens with one attached hydrogen (secondary N) is 2.